The van der Waals surface area contributed by atoms with Gasteiger partial charge < -0.3 is 15.0 Å². The number of aliphatic hydroxyl groups is 1. The van der Waals surface area contributed by atoms with E-state index in [0.717, 1.165) is 22.8 Å². The molecule has 26 heavy (non-hydrogen) atoms. The van der Waals surface area contributed by atoms with Crippen LogP contribution in [0.3, 0.4) is 0 Å². The third-order valence-electron chi connectivity index (χ3n) is 4.54. The number of hydrogen-bond donors (Lipinski definition) is 2. The Labute approximate surface area is 153 Å². The van der Waals surface area contributed by atoms with Crippen LogP contribution in [0.1, 0.15) is 34.2 Å². The van der Waals surface area contributed by atoms with Gasteiger partial charge in [0.1, 0.15) is 11.4 Å². The maximum Gasteiger partial charge on any atom is 0.253 e. The number of carbonyl (C=O) groups is 1. The number of aryl methyl sites for hydroxylation is 1. The molecule has 1 amide bonds. The van der Waals surface area contributed by atoms with Crippen molar-refractivity contribution in [1.82, 2.24) is 14.9 Å². The molecule has 0 aliphatic rings. The highest BCUT2D eigenvalue weighted by molar-refractivity contribution is 5.96. The van der Waals surface area contributed by atoms with Crippen LogP contribution in [0.25, 0.3) is 5.82 Å². The number of nitrogens with zero attached hydrogens (tertiary/aromatic N) is 2. The highest BCUT2D eigenvalue weighted by Gasteiger charge is 2.25. The molecule has 0 saturated heterocycles. The van der Waals surface area contributed by atoms with Gasteiger partial charge in [-0.3, -0.25) is 4.79 Å². The molecule has 134 valence electrons. The molecule has 2 heterocycles. The average Bonchev–Trinajstić information content (AvgIpc) is 2.95. The summed E-state index contributed by atoms with van der Waals surface area (Å²) in [4.78, 5) is 17.0. The van der Waals surface area contributed by atoms with Gasteiger partial charge in [0.2, 0.25) is 0 Å². The standard InChI is InChI=1S/C21H23N3O2/c1-15-13-18(16(2)24(15)19-11-7-8-12-22-19)20(25)23-14-21(3,26)17-9-5-4-6-10-17/h4-13,26H,14H2,1-3H3,(H,23,25). The average molecular weight is 349 g/mol. The molecule has 0 aliphatic carbocycles. The largest absolute Gasteiger partial charge is 0.384 e. The quantitative estimate of drug-likeness (QED) is 0.744. The van der Waals surface area contributed by atoms with Crippen LogP contribution in [0, 0.1) is 13.8 Å². The molecular formula is C21H23N3O2. The molecule has 2 N–H and O–H groups in total. The summed E-state index contributed by atoms with van der Waals surface area (Å²) in [5.41, 5.74) is 1.96. The normalized spacial score (nSPS) is 13.2. The molecule has 3 rings (SSSR count). The van der Waals surface area contributed by atoms with Crippen molar-refractivity contribution in [3.8, 4) is 5.82 Å². The second-order valence-corrected chi connectivity index (χ2v) is 6.63. The first-order valence-electron chi connectivity index (χ1n) is 8.56. The number of hydrogen-bond acceptors (Lipinski definition) is 3. The summed E-state index contributed by atoms with van der Waals surface area (Å²) in [6, 6.07) is 16.8. The number of carbonyl (C=O) groups excluding carboxylic acids is 1. The van der Waals surface area contributed by atoms with Gasteiger partial charge in [-0.1, -0.05) is 36.4 Å². The summed E-state index contributed by atoms with van der Waals surface area (Å²) in [7, 11) is 0. The van der Waals surface area contributed by atoms with Crippen molar-refractivity contribution < 1.29 is 9.90 Å². The van der Waals surface area contributed by atoms with Gasteiger partial charge >= 0.3 is 0 Å². The molecule has 0 aliphatic heterocycles. The van der Waals surface area contributed by atoms with E-state index >= 15 is 0 Å². The van der Waals surface area contributed by atoms with E-state index < -0.39 is 5.60 Å². The van der Waals surface area contributed by atoms with E-state index in [-0.39, 0.29) is 12.5 Å². The summed E-state index contributed by atoms with van der Waals surface area (Å²) >= 11 is 0. The van der Waals surface area contributed by atoms with Gasteiger partial charge in [0, 0.05) is 17.6 Å². The highest BCUT2D eigenvalue weighted by Crippen LogP contribution is 2.21. The van der Waals surface area contributed by atoms with Gasteiger partial charge in [-0.15, -0.1) is 0 Å². The minimum absolute atomic E-state index is 0.128. The van der Waals surface area contributed by atoms with Gasteiger partial charge in [-0.2, -0.15) is 0 Å². The van der Waals surface area contributed by atoms with E-state index in [9.17, 15) is 9.90 Å². The Bertz CT molecular complexity index is 900. The zero-order chi connectivity index (χ0) is 18.7. The smallest absolute Gasteiger partial charge is 0.253 e. The van der Waals surface area contributed by atoms with Crippen LogP contribution in [-0.2, 0) is 5.60 Å². The molecule has 1 aromatic carbocycles. The van der Waals surface area contributed by atoms with Gasteiger partial charge in [0.25, 0.3) is 5.91 Å². The fourth-order valence-corrected chi connectivity index (χ4v) is 3.08. The second kappa shape index (κ2) is 7.14. The number of amides is 1. The van der Waals surface area contributed by atoms with Gasteiger partial charge in [0.05, 0.1) is 12.1 Å². The summed E-state index contributed by atoms with van der Waals surface area (Å²) in [5.74, 6) is 0.564. The summed E-state index contributed by atoms with van der Waals surface area (Å²) in [6.45, 7) is 5.66. The highest BCUT2D eigenvalue weighted by atomic mass is 16.3. The second-order valence-electron chi connectivity index (χ2n) is 6.63. The first-order valence-corrected chi connectivity index (χ1v) is 8.56. The molecule has 0 fully saturated rings. The van der Waals surface area contributed by atoms with Crippen LogP contribution in [0.4, 0.5) is 0 Å². The molecule has 1 unspecified atom stereocenters. The van der Waals surface area contributed by atoms with Crippen LogP contribution in [0.15, 0.2) is 60.8 Å². The minimum Gasteiger partial charge on any atom is -0.384 e. The maximum atomic E-state index is 12.7. The lowest BCUT2D eigenvalue weighted by molar-refractivity contribution is 0.0526. The van der Waals surface area contributed by atoms with E-state index in [1.165, 1.54) is 0 Å². The third kappa shape index (κ3) is 3.53. The van der Waals surface area contributed by atoms with Gasteiger partial charge in [-0.25, -0.2) is 4.98 Å². The maximum absolute atomic E-state index is 12.7. The van der Waals surface area contributed by atoms with E-state index in [0.29, 0.717) is 5.56 Å². The molecule has 0 bridgehead atoms. The molecule has 2 aromatic heterocycles. The van der Waals surface area contributed by atoms with Crippen LogP contribution < -0.4 is 5.32 Å². The predicted molar refractivity (Wildman–Crippen MR) is 101 cm³/mol. The van der Waals surface area contributed by atoms with Gasteiger partial charge in [-0.05, 0) is 44.5 Å². The molecule has 0 radical (unpaired) electrons. The molecule has 5 heteroatoms. The first kappa shape index (κ1) is 17.9. The van der Waals surface area contributed by atoms with Crippen LogP contribution in [0.5, 0.6) is 0 Å². The van der Waals surface area contributed by atoms with Crippen LogP contribution in [-0.4, -0.2) is 27.1 Å². The molecule has 0 spiro atoms. The van der Waals surface area contributed by atoms with E-state index in [1.807, 2.05) is 73.0 Å². The van der Waals surface area contributed by atoms with Crippen LogP contribution >= 0.6 is 0 Å². The Kier molecular flexibility index (Phi) is 4.91. The van der Waals surface area contributed by atoms with Crippen molar-refractivity contribution in [2.75, 3.05) is 6.54 Å². The molecule has 0 saturated carbocycles. The van der Waals surface area contributed by atoms with Crippen LogP contribution in [0.2, 0.25) is 0 Å². The Morgan fingerprint density at radius 3 is 2.50 bits per heavy atom. The number of rotatable bonds is 5. The molecule has 1 atom stereocenters. The fourth-order valence-electron chi connectivity index (χ4n) is 3.08. The molecular weight excluding hydrogens is 326 g/mol. The van der Waals surface area contributed by atoms with Crippen molar-refractivity contribution >= 4 is 5.91 Å². The van der Waals surface area contributed by atoms with E-state index in [2.05, 4.69) is 10.3 Å². The minimum atomic E-state index is -1.14. The zero-order valence-electron chi connectivity index (χ0n) is 15.2. The van der Waals surface area contributed by atoms with E-state index in [1.54, 1.807) is 13.1 Å². The van der Waals surface area contributed by atoms with E-state index in [4.69, 9.17) is 0 Å². The summed E-state index contributed by atoms with van der Waals surface area (Å²) in [5, 5.41) is 13.5. The Balaban J connectivity index is 1.79. The Hall–Kier alpha value is -2.92. The fraction of sp³-hybridized carbons (Fsp3) is 0.238. The topological polar surface area (TPSA) is 67.2 Å². The van der Waals surface area contributed by atoms with Crippen molar-refractivity contribution in [2.45, 2.75) is 26.4 Å². The first-order chi connectivity index (χ1) is 12.4. The summed E-state index contributed by atoms with van der Waals surface area (Å²) in [6.07, 6.45) is 1.73. The predicted octanol–water partition coefficient (Wildman–Crippen LogP) is 3.13. The molecule has 3 aromatic rings. The Morgan fingerprint density at radius 1 is 1.15 bits per heavy atom. The Morgan fingerprint density at radius 2 is 1.85 bits per heavy atom. The van der Waals surface area contributed by atoms with Crippen molar-refractivity contribution in [1.29, 1.82) is 0 Å². The lowest BCUT2D eigenvalue weighted by Gasteiger charge is -2.24. The monoisotopic (exact) mass is 349 g/mol. The lowest BCUT2D eigenvalue weighted by Crippen LogP contribution is -2.38. The SMILES string of the molecule is Cc1cc(C(=O)NCC(C)(O)c2ccccc2)c(C)n1-c1ccccn1. The number of nitrogens with one attached hydrogen (secondary N) is 1. The molecule has 5 nitrogen and oxygen atoms in total. The van der Waals surface area contributed by atoms with Crippen molar-refractivity contribution in [3.05, 3.63) is 83.3 Å². The van der Waals surface area contributed by atoms with Crippen molar-refractivity contribution in [3.63, 3.8) is 0 Å². The zero-order valence-corrected chi connectivity index (χ0v) is 15.2. The lowest BCUT2D eigenvalue weighted by atomic mass is 9.96. The summed E-state index contributed by atoms with van der Waals surface area (Å²) < 4.78 is 1.95. The van der Waals surface area contributed by atoms with Crippen molar-refractivity contribution in [2.24, 2.45) is 0 Å². The van der Waals surface area contributed by atoms with Gasteiger partial charge in [0.15, 0.2) is 0 Å². The number of aromatic nitrogens is 2. The number of pyridine rings is 1. The third-order valence-corrected chi connectivity index (χ3v) is 4.54. The number of benzene rings is 1.